The van der Waals surface area contributed by atoms with Crippen molar-refractivity contribution in [1.29, 1.82) is 0 Å². The Hall–Kier alpha value is -2.60. The summed E-state index contributed by atoms with van der Waals surface area (Å²) in [5.74, 6) is 0.282. The highest BCUT2D eigenvalue weighted by molar-refractivity contribution is 6.30. The van der Waals surface area contributed by atoms with Crippen LogP contribution in [0.3, 0.4) is 0 Å². The van der Waals surface area contributed by atoms with Gasteiger partial charge in [-0.05, 0) is 32.1 Å². The van der Waals surface area contributed by atoms with Gasteiger partial charge in [0.05, 0.1) is 16.3 Å². The topological polar surface area (TPSA) is 73.2 Å². The van der Waals surface area contributed by atoms with Crippen molar-refractivity contribution in [2.75, 3.05) is 5.32 Å². The Bertz CT molecular complexity index is 916. The van der Waals surface area contributed by atoms with Crippen LogP contribution in [0.15, 0.2) is 41.6 Å². The zero-order valence-corrected chi connectivity index (χ0v) is 14.2. The Balaban J connectivity index is 2.24. The zero-order chi connectivity index (χ0) is 17.5. The molecule has 0 saturated carbocycles. The van der Waals surface area contributed by atoms with E-state index in [1.54, 1.807) is 18.5 Å². The fourth-order valence-corrected chi connectivity index (χ4v) is 2.80. The molecule has 0 saturated heterocycles. The minimum absolute atomic E-state index is 0.116. The molecule has 0 bridgehead atoms. The Labute approximate surface area is 143 Å². The van der Waals surface area contributed by atoms with Crippen molar-refractivity contribution in [3.63, 3.8) is 0 Å². The zero-order valence-electron chi connectivity index (χ0n) is 13.5. The van der Waals surface area contributed by atoms with Gasteiger partial charge in [0, 0.05) is 25.5 Å². The van der Waals surface area contributed by atoms with E-state index in [1.165, 1.54) is 23.8 Å². The number of aromatic nitrogens is 2. The molecule has 0 atom stereocenters. The maximum absolute atomic E-state index is 12.8. The minimum atomic E-state index is -0.611. The number of hydrogen-bond donors (Lipinski definition) is 1. The van der Waals surface area contributed by atoms with Crippen molar-refractivity contribution in [3.05, 3.63) is 57.7 Å². The van der Waals surface area contributed by atoms with Crippen LogP contribution < -0.4 is 15.6 Å². The lowest BCUT2D eigenvalue weighted by atomic mass is 10.0. The van der Waals surface area contributed by atoms with E-state index in [2.05, 4.69) is 10.3 Å². The van der Waals surface area contributed by atoms with Crippen LogP contribution in [-0.4, -0.2) is 21.1 Å². The van der Waals surface area contributed by atoms with Crippen molar-refractivity contribution in [1.82, 2.24) is 9.55 Å². The first kappa shape index (κ1) is 16.3. The summed E-state index contributed by atoms with van der Waals surface area (Å²) in [7, 11) is 0. The molecule has 0 spiro atoms. The van der Waals surface area contributed by atoms with Crippen LogP contribution in [0.4, 0.5) is 5.69 Å². The highest BCUT2D eigenvalue weighted by atomic mass is 35.5. The summed E-state index contributed by atoms with van der Waals surface area (Å²) in [6, 6.07) is 3.17. The Morgan fingerprint density at radius 2 is 2.17 bits per heavy atom. The summed E-state index contributed by atoms with van der Waals surface area (Å²) < 4.78 is 7.30. The summed E-state index contributed by atoms with van der Waals surface area (Å²) in [6.07, 6.45) is 6.59. The van der Waals surface area contributed by atoms with E-state index in [0.29, 0.717) is 22.0 Å². The third-order valence-electron chi connectivity index (χ3n) is 3.47. The molecular formula is C17H16ClN3O3. The molecule has 24 heavy (non-hydrogen) atoms. The number of nitrogens with zero attached hydrogens (tertiary/aromatic N) is 2. The van der Waals surface area contributed by atoms with Gasteiger partial charge in [0.1, 0.15) is 17.0 Å². The van der Waals surface area contributed by atoms with E-state index >= 15 is 0 Å². The number of anilines is 1. The fraction of sp³-hybridized carbons (Fsp3) is 0.235. The molecule has 2 aromatic heterocycles. The summed E-state index contributed by atoms with van der Waals surface area (Å²) in [6.45, 7) is 5.11. The SMILES string of the molecule is CC(=O)Nc1cc(Cl)cn(C2=CC(C)(C)Oc3ccncc32)c1=O. The van der Waals surface area contributed by atoms with Gasteiger partial charge in [-0.3, -0.25) is 19.1 Å². The molecule has 0 unspecified atom stereocenters. The van der Waals surface area contributed by atoms with E-state index in [9.17, 15) is 9.59 Å². The second-order valence-electron chi connectivity index (χ2n) is 6.04. The molecule has 2 aromatic rings. The normalized spacial score (nSPS) is 15.1. The molecule has 7 heteroatoms. The summed E-state index contributed by atoms with van der Waals surface area (Å²) in [4.78, 5) is 28.2. The van der Waals surface area contributed by atoms with E-state index in [-0.39, 0.29) is 17.2 Å². The number of carbonyl (C=O) groups excluding carboxylic acids is 1. The van der Waals surface area contributed by atoms with Gasteiger partial charge in [-0.25, -0.2) is 0 Å². The predicted octanol–water partition coefficient (Wildman–Crippen LogP) is 2.92. The third kappa shape index (κ3) is 3.05. The minimum Gasteiger partial charge on any atom is -0.483 e. The summed E-state index contributed by atoms with van der Waals surface area (Å²) in [5, 5.41) is 2.84. The van der Waals surface area contributed by atoms with E-state index in [4.69, 9.17) is 16.3 Å². The first-order valence-electron chi connectivity index (χ1n) is 7.33. The molecule has 0 aliphatic carbocycles. The van der Waals surface area contributed by atoms with Crippen LogP contribution in [0.2, 0.25) is 5.02 Å². The Morgan fingerprint density at radius 1 is 1.42 bits per heavy atom. The highest BCUT2D eigenvalue weighted by Gasteiger charge is 2.28. The van der Waals surface area contributed by atoms with Crippen molar-refractivity contribution in [3.8, 4) is 5.75 Å². The van der Waals surface area contributed by atoms with Crippen LogP contribution in [-0.2, 0) is 4.79 Å². The summed E-state index contributed by atoms with van der Waals surface area (Å²) >= 11 is 6.14. The van der Waals surface area contributed by atoms with E-state index in [0.717, 1.165) is 0 Å². The van der Waals surface area contributed by atoms with Gasteiger partial charge in [-0.1, -0.05) is 11.6 Å². The number of rotatable bonds is 2. The van der Waals surface area contributed by atoms with Crippen molar-refractivity contribution < 1.29 is 9.53 Å². The second-order valence-corrected chi connectivity index (χ2v) is 6.47. The van der Waals surface area contributed by atoms with Gasteiger partial charge >= 0.3 is 0 Å². The van der Waals surface area contributed by atoms with Gasteiger partial charge in [-0.15, -0.1) is 0 Å². The van der Waals surface area contributed by atoms with Crippen LogP contribution in [0.1, 0.15) is 26.3 Å². The fourth-order valence-electron chi connectivity index (χ4n) is 2.59. The molecule has 0 radical (unpaired) electrons. The van der Waals surface area contributed by atoms with E-state index < -0.39 is 5.60 Å². The molecule has 0 aromatic carbocycles. The van der Waals surface area contributed by atoms with Gasteiger partial charge < -0.3 is 10.1 Å². The van der Waals surface area contributed by atoms with Crippen LogP contribution in [0, 0.1) is 0 Å². The molecule has 124 valence electrons. The number of fused-ring (bicyclic) bond motifs is 1. The number of halogens is 1. The maximum atomic E-state index is 12.8. The van der Waals surface area contributed by atoms with Crippen molar-refractivity contribution in [2.45, 2.75) is 26.4 Å². The van der Waals surface area contributed by atoms with Crippen LogP contribution >= 0.6 is 11.6 Å². The largest absolute Gasteiger partial charge is 0.483 e. The smallest absolute Gasteiger partial charge is 0.278 e. The molecule has 1 N–H and O–H groups in total. The average molecular weight is 346 g/mol. The number of amides is 1. The average Bonchev–Trinajstić information content (AvgIpc) is 2.48. The van der Waals surface area contributed by atoms with Gasteiger partial charge in [-0.2, -0.15) is 0 Å². The van der Waals surface area contributed by atoms with Crippen LogP contribution in [0.25, 0.3) is 5.70 Å². The van der Waals surface area contributed by atoms with E-state index in [1.807, 2.05) is 19.9 Å². The number of nitrogens with one attached hydrogen (secondary N) is 1. The first-order chi connectivity index (χ1) is 11.3. The van der Waals surface area contributed by atoms with Gasteiger partial charge in [0.15, 0.2) is 0 Å². The number of pyridine rings is 2. The third-order valence-corrected chi connectivity index (χ3v) is 3.68. The molecule has 1 aliphatic rings. The van der Waals surface area contributed by atoms with Crippen molar-refractivity contribution in [2.24, 2.45) is 0 Å². The number of ether oxygens (including phenoxy) is 1. The first-order valence-corrected chi connectivity index (χ1v) is 7.71. The molecule has 3 heterocycles. The second kappa shape index (κ2) is 5.79. The molecule has 6 nitrogen and oxygen atoms in total. The molecule has 1 aliphatic heterocycles. The summed E-state index contributed by atoms with van der Waals surface area (Å²) in [5.41, 5.74) is 0.405. The highest BCUT2D eigenvalue weighted by Crippen LogP contribution is 2.35. The lowest BCUT2D eigenvalue weighted by Gasteiger charge is -2.31. The monoisotopic (exact) mass is 345 g/mol. The number of carbonyl (C=O) groups is 1. The number of hydrogen-bond acceptors (Lipinski definition) is 4. The van der Waals surface area contributed by atoms with Gasteiger partial charge in [0.2, 0.25) is 5.91 Å². The lowest BCUT2D eigenvalue weighted by molar-refractivity contribution is -0.114. The lowest BCUT2D eigenvalue weighted by Crippen LogP contribution is -2.33. The predicted molar refractivity (Wildman–Crippen MR) is 92.3 cm³/mol. The van der Waals surface area contributed by atoms with Gasteiger partial charge in [0.25, 0.3) is 5.56 Å². The standard InChI is InChI=1S/C17H16ClN3O3/c1-10(22)20-13-6-11(18)9-21(16(13)23)14-7-17(2,3)24-15-4-5-19-8-12(14)15/h4-9H,1-3H3,(H,20,22). The Kier molecular flexibility index (Phi) is 3.93. The quantitative estimate of drug-likeness (QED) is 0.908. The van der Waals surface area contributed by atoms with Crippen LogP contribution in [0.5, 0.6) is 5.75 Å². The molecule has 0 fully saturated rings. The maximum Gasteiger partial charge on any atom is 0.278 e. The van der Waals surface area contributed by atoms with Crippen molar-refractivity contribution >= 4 is 28.9 Å². The molecule has 3 rings (SSSR count). The molecular weight excluding hydrogens is 330 g/mol. The Morgan fingerprint density at radius 3 is 2.88 bits per heavy atom. The molecule has 1 amide bonds.